The Hall–Kier alpha value is -3.81. The van der Waals surface area contributed by atoms with Crippen LogP contribution in [0, 0.1) is 12.8 Å². The molecule has 8 nitrogen and oxygen atoms in total. The number of carbonyl (C=O) groups is 3. The van der Waals surface area contributed by atoms with Gasteiger partial charge in [-0.05, 0) is 62.9 Å². The van der Waals surface area contributed by atoms with Crippen molar-refractivity contribution in [2.45, 2.75) is 65.6 Å². The Bertz CT molecular complexity index is 1110. The van der Waals surface area contributed by atoms with E-state index in [1.807, 2.05) is 39.0 Å². The first kappa shape index (κ1) is 29.4. The van der Waals surface area contributed by atoms with Crippen LogP contribution >= 0.6 is 0 Å². The lowest BCUT2D eigenvalue weighted by atomic mass is 9.95. The number of nitrogens with zero attached hydrogens (tertiary/aromatic N) is 1. The van der Waals surface area contributed by atoms with E-state index >= 15 is 0 Å². The fourth-order valence-corrected chi connectivity index (χ4v) is 3.84. The molecule has 0 heterocycles. The molecule has 0 fully saturated rings. The molecule has 3 amide bonds. The van der Waals surface area contributed by atoms with Gasteiger partial charge >= 0.3 is 6.09 Å². The molecule has 3 N–H and O–H groups in total. The third kappa shape index (κ3) is 8.37. The van der Waals surface area contributed by atoms with Crippen LogP contribution < -0.4 is 10.6 Å². The van der Waals surface area contributed by atoms with Gasteiger partial charge in [0.05, 0.1) is 0 Å². The second-order valence-corrected chi connectivity index (χ2v) is 10.1. The Morgan fingerprint density at radius 3 is 2.38 bits per heavy atom. The zero-order chi connectivity index (χ0) is 27.8. The van der Waals surface area contributed by atoms with Crippen LogP contribution in [0.1, 0.15) is 58.2 Å². The van der Waals surface area contributed by atoms with Crippen LogP contribution in [0.4, 0.5) is 10.5 Å². The van der Waals surface area contributed by atoms with E-state index in [0.29, 0.717) is 17.7 Å². The highest BCUT2D eigenvalue weighted by molar-refractivity contribution is 5.99. The second-order valence-electron chi connectivity index (χ2n) is 10.1. The Labute approximate surface area is 219 Å². The highest BCUT2D eigenvalue weighted by atomic mass is 16.6. The molecular weight excluding hydrogens is 470 g/mol. The highest BCUT2D eigenvalue weighted by Crippen LogP contribution is 2.28. The maximum atomic E-state index is 14.0. The first-order valence-corrected chi connectivity index (χ1v) is 12.4. The number of anilines is 1. The van der Waals surface area contributed by atoms with Gasteiger partial charge < -0.3 is 25.4 Å². The number of phenolic OH excluding ortho intramolecular Hbond substituents is 1. The summed E-state index contributed by atoms with van der Waals surface area (Å²) in [5.41, 5.74) is 1.14. The fourth-order valence-electron chi connectivity index (χ4n) is 3.84. The van der Waals surface area contributed by atoms with E-state index in [1.165, 1.54) is 23.1 Å². The predicted octanol–water partition coefficient (Wildman–Crippen LogP) is 5.33. The van der Waals surface area contributed by atoms with Crippen LogP contribution in [-0.4, -0.2) is 46.1 Å². The van der Waals surface area contributed by atoms with Crippen molar-refractivity contribution in [2.24, 2.45) is 5.92 Å². The molecule has 0 radical (unpaired) electrons. The summed E-state index contributed by atoms with van der Waals surface area (Å²) in [6, 6.07) is 11.5. The number of rotatable bonds is 10. The molecule has 3 atom stereocenters. The molecule has 200 valence electrons. The largest absolute Gasteiger partial charge is 0.508 e. The first-order chi connectivity index (χ1) is 17.4. The number of carbonyl (C=O) groups excluding carboxylic acids is 3. The lowest BCUT2D eigenvalue weighted by Gasteiger charge is -2.35. The number of amides is 3. The minimum Gasteiger partial charge on any atom is -0.508 e. The monoisotopic (exact) mass is 509 g/mol. The maximum absolute atomic E-state index is 14.0. The van der Waals surface area contributed by atoms with Crippen LogP contribution in [0.5, 0.6) is 5.75 Å². The summed E-state index contributed by atoms with van der Waals surface area (Å²) in [5.74, 6) is -1.22. The summed E-state index contributed by atoms with van der Waals surface area (Å²) < 4.78 is 5.40. The number of benzene rings is 2. The van der Waals surface area contributed by atoms with Crippen LogP contribution in [0.25, 0.3) is 0 Å². The van der Waals surface area contributed by atoms with Crippen molar-refractivity contribution in [3.05, 3.63) is 72.3 Å². The maximum Gasteiger partial charge on any atom is 0.408 e. The molecular formula is C29H39N3O5. The molecule has 8 heteroatoms. The highest BCUT2D eigenvalue weighted by Gasteiger charge is 2.38. The average Bonchev–Trinajstić information content (AvgIpc) is 2.81. The van der Waals surface area contributed by atoms with Gasteiger partial charge in [0.25, 0.3) is 5.91 Å². The Morgan fingerprint density at radius 2 is 1.81 bits per heavy atom. The number of hydrogen-bond donors (Lipinski definition) is 3. The van der Waals surface area contributed by atoms with Crippen molar-refractivity contribution in [3.63, 3.8) is 0 Å². The van der Waals surface area contributed by atoms with E-state index in [4.69, 9.17) is 4.74 Å². The summed E-state index contributed by atoms with van der Waals surface area (Å²) in [6.45, 7) is 14.7. The van der Waals surface area contributed by atoms with Gasteiger partial charge in [-0.1, -0.05) is 56.7 Å². The minimum atomic E-state index is -1.11. The second kappa shape index (κ2) is 12.9. The number of nitrogens with one attached hydrogen (secondary N) is 2. The van der Waals surface area contributed by atoms with Crippen molar-refractivity contribution in [3.8, 4) is 5.75 Å². The van der Waals surface area contributed by atoms with Crippen LogP contribution in [0.15, 0.2) is 61.2 Å². The van der Waals surface area contributed by atoms with Gasteiger partial charge in [0.15, 0.2) is 0 Å². The summed E-state index contributed by atoms with van der Waals surface area (Å²) in [7, 11) is 0. The number of ether oxygens (including phenoxy) is 1. The van der Waals surface area contributed by atoms with Crippen molar-refractivity contribution < 1.29 is 24.2 Å². The molecule has 3 unspecified atom stereocenters. The molecule has 2 aromatic rings. The van der Waals surface area contributed by atoms with E-state index < -0.39 is 35.6 Å². The molecule has 2 aromatic carbocycles. The third-order valence-corrected chi connectivity index (χ3v) is 5.91. The summed E-state index contributed by atoms with van der Waals surface area (Å²) >= 11 is 0. The summed E-state index contributed by atoms with van der Waals surface area (Å²) in [4.78, 5) is 41.8. The third-order valence-electron chi connectivity index (χ3n) is 5.91. The molecule has 0 saturated heterocycles. The van der Waals surface area contributed by atoms with E-state index in [2.05, 4.69) is 17.2 Å². The first-order valence-electron chi connectivity index (χ1n) is 12.4. The van der Waals surface area contributed by atoms with Crippen LogP contribution in [-0.2, 0) is 14.3 Å². The Balaban J connectivity index is 2.53. The molecule has 2 rings (SSSR count). The normalized spacial score (nSPS) is 13.6. The summed E-state index contributed by atoms with van der Waals surface area (Å²) in [6.07, 6.45) is 1.40. The van der Waals surface area contributed by atoms with E-state index in [1.54, 1.807) is 39.0 Å². The van der Waals surface area contributed by atoms with Crippen molar-refractivity contribution in [2.75, 3.05) is 11.9 Å². The Morgan fingerprint density at radius 1 is 1.14 bits per heavy atom. The molecule has 37 heavy (non-hydrogen) atoms. The number of aryl methyl sites for hydroxylation is 1. The predicted molar refractivity (Wildman–Crippen MR) is 145 cm³/mol. The zero-order valence-corrected chi connectivity index (χ0v) is 22.6. The topological polar surface area (TPSA) is 108 Å². The number of hydrogen-bond acceptors (Lipinski definition) is 5. The van der Waals surface area contributed by atoms with Crippen molar-refractivity contribution >= 4 is 23.6 Å². The van der Waals surface area contributed by atoms with Gasteiger partial charge in [-0.25, -0.2) is 4.79 Å². The lowest BCUT2D eigenvalue weighted by molar-refractivity contribution is -0.141. The molecule has 0 aliphatic rings. The minimum absolute atomic E-state index is 0.0310. The number of aromatic hydroxyl groups is 1. The fraction of sp³-hybridized carbons (Fsp3) is 0.414. The molecule has 0 aromatic heterocycles. The number of para-hydroxylation sites is 1. The van der Waals surface area contributed by atoms with Crippen LogP contribution in [0.2, 0.25) is 0 Å². The Kier molecular flexibility index (Phi) is 10.3. The van der Waals surface area contributed by atoms with Gasteiger partial charge in [-0.2, -0.15) is 0 Å². The van der Waals surface area contributed by atoms with Crippen molar-refractivity contribution in [1.29, 1.82) is 0 Å². The van der Waals surface area contributed by atoms with Gasteiger partial charge in [0.1, 0.15) is 23.4 Å². The zero-order valence-electron chi connectivity index (χ0n) is 22.6. The number of phenols is 1. The van der Waals surface area contributed by atoms with Gasteiger partial charge in [0, 0.05) is 12.2 Å². The molecule has 0 saturated carbocycles. The SMILES string of the molecule is C=CCN(C(=O)C(NC(=O)OC(C)(C)C)C(C)CC)C(C(=O)Nc1ccccc1C)c1cccc(O)c1. The molecule has 0 bridgehead atoms. The number of alkyl carbamates (subject to hydrolysis) is 1. The van der Waals surface area contributed by atoms with Gasteiger partial charge in [0.2, 0.25) is 5.91 Å². The molecule has 0 aliphatic carbocycles. The van der Waals surface area contributed by atoms with Crippen LogP contribution in [0.3, 0.4) is 0 Å². The van der Waals surface area contributed by atoms with Gasteiger partial charge in [-0.15, -0.1) is 6.58 Å². The summed E-state index contributed by atoms with van der Waals surface area (Å²) in [5, 5.41) is 15.8. The van der Waals surface area contributed by atoms with Gasteiger partial charge in [-0.3, -0.25) is 9.59 Å². The smallest absolute Gasteiger partial charge is 0.408 e. The lowest BCUT2D eigenvalue weighted by Crippen LogP contribution is -2.54. The van der Waals surface area contributed by atoms with E-state index in [0.717, 1.165) is 5.56 Å². The molecule has 0 spiro atoms. The standard InChI is InChI=1S/C29H39N3O5/c1-8-17-32(27(35)24(19(3)9-2)31-28(36)37-29(5,6)7)25(21-14-12-15-22(33)18-21)26(34)30-23-16-11-10-13-20(23)4/h8,10-16,18-19,24-25,33H,1,9,17H2,2-7H3,(H,30,34)(H,31,36). The quantitative estimate of drug-likeness (QED) is 0.375. The molecule has 0 aliphatic heterocycles. The van der Waals surface area contributed by atoms with Crippen molar-refractivity contribution in [1.82, 2.24) is 10.2 Å². The van der Waals surface area contributed by atoms with E-state index in [-0.39, 0.29) is 18.2 Å². The van der Waals surface area contributed by atoms with E-state index in [9.17, 15) is 19.5 Å². The average molecular weight is 510 g/mol.